The van der Waals surface area contributed by atoms with Crippen molar-refractivity contribution in [1.29, 1.82) is 0 Å². The maximum absolute atomic E-state index is 11.2. The summed E-state index contributed by atoms with van der Waals surface area (Å²) in [6, 6.07) is 7.74. The van der Waals surface area contributed by atoms with E-state index in [0.717, 1.165) is 36.2 Å². The van der Waals surface area contributed by atoms with Gasteiger partial charge in [-0.05, 0) is 17.7 Å². The second-order valence-electron chi connectivity index (χ2n) is 4.87. The van der Waals surface area contributed by atoms with E-state index < -0.39 is 6.10 Å². The Hall–Kier alpha value is -0.910. The first-order valence-electron chi connectivity index (χ1n) is 6.47. The van der Waals surface area contributed by atoms with Crippen LogP contribution in [0.4, 0.5) is 0 Å². The average molecular weight is 327 g/mol. The Labute approximate surface area is 122 Å². The molecular formula is C14H19BrN2O2. The van der Waals surface area contributed by atoms with Crippen molar-refractivity contribution >= 4 is 21.8 Å². The minimum atomic E-state index is -0.475. The molecule has 0 aliphatic carbocycles. The lowest BCUT2D eigenvalue weighted by Crippen LogP contribution is -2.48. The van der Waals surface area contributed by atoms with Crippen molar-refractivity contribution in [2.75, 3.05) is 32.7 Å². The average Bonchev–Trinajstić information content (AvgIpc) is 2.40. The van der Waals surface area contributed by atoms with Crippen molar-refractivity contribution in [3.8, 4) is 0 Å². The highest BCUT2D eigenvalue weighted by Gasteiger charge is 2.20. The molecule has 1 aliphatic heterocycles. The monoisotopic (exact) mass is 326 g/mol. The van der Waals surface area contributed by atoms with E-state index in [9.17, 15) is 9.90 Å². The molecule has 0 spiro atoms. The van der Waals surface area contributed by atoms with E-state index in [-0.39, 0.29) is 5.91 Å². The number of carbonyl (C=O) groups excluding carboxylic acids is 1. The number of hydrogen-bond acceptors (Lipinski definition) is 3. The number of carbonyl (C=O) groups is 1. The summed E-state index contributed by atoms with van der Waals surface area (Å²) < 4.78 is 1.01. The Morgan fingerprint density at radius 2 is 1.84 bits per heavy atom. The molecule has 0 saturated carbocycles. The summed E-state index contributed by atoms with van der Waals surface area (Å²) in [5.41, 5.74) is 0.928. The number of rotatable bonds is 3. The molecule has 1 heterocycles. The summed E-state index contributed by atoms with van der Waals surface area (Å²) in [5, 5.41) is 10.2. The fraction of sp³-hybridized carbons (Fsp3) is 0.500. The fourth-order valence-electron chi connectivity index (χ4n) is 2.28. The van der Waals surface area contributed by atoms with E-state index in [0.29, 0.717) is 6.54 Å². The molecule has 1 aliphatic rings. The van der Waals surface area contributed by atoms with Crippen LogP contribution in [0.25, 0.3) is 0 Å². The van der Waals surface area contributed by atoms with Gasteiger partial charge in [-0.25, -0.2) is 0 Å². The molecule has 1 saturated heterocycles. The minimum Gasteiger partial charge on any atom is -0.387 e. The summed E-state index contributed by atoms with van der Waals surface area (Å²) in [5.74, 6) is 0.133. The molecule has 2 rings (SSSR count). The van der Waals surface area contributed by atoms with Gasteiger partial charge < -0.3 is 10.0 Å². The number of aliphatic hydroxyl groups is 1. The fourth-order valence-corrected chi connectivity index (χ4v) is 2.54. The van der Waals surface area contributed by atoms with E-state index in [1.54, 1.807) is 6.92 Å². The van der Waals surface area contributed by atoms with Gasteiger partial charge in [0.1, 0.15) is 0 Å². The van der Waals surface area contributed by atoms with Crippen molar-refractivity contribution in [1.82, 2.24) is 9.80 Å². The Morgan fingerprint density at radius 3 is 2.37 bits per heavy atom. The van der Waals surface area contributed by atoms with Crippen LogP contribution < -0.4 is 0 Å². The quantitative estimate of drug-likeness (QED) is 0.918. The first-order chi connectivity index (χ1) is 9.06. The minimum absolute atomic E-state index is 0.133. The largest absolute Gasteiger partial charge is 0.387 e. The van der Waals surface area contributed by atoms with Crippen LogP contribution in [0.2, 0.25) is 0 Å². The Balaban J connectivity index is 1.85. The van der Waals surface area contributed by atoms with E-state index in [1.165, 1.54) is 0 Å². The number of β-amino-alcohol motifs (C(OH)–C–C–N with tert-alkyl or cyclic N) is 1. The van der Waals surface area contributed by atoms with Crippen LogP contribution in [0.3, 0.4) is 0 Å². The molecule has 1 aromatic carbocycles. The molecule has 1 aromatic rings. The Morgan fingerprint density at radius 1 is 1.26 bits per heavy atom. The maximum Gasteiger partial charge on any atom is 0.219 e. The molecule has 1 amide bonds. The standard InChI is InChI=1S/C14H19BrN2O2/c1-11(18)17-8-6-16(7-9-17)10-14(19)12-2-4-13(15)5-3-12/h2-5,14,19H,6-10H2,1H3. The van der Waals surface area contributed by atoms with Crippen molar-refractivity contribution in [2.45, 2.75) is 13.0 Å². The molecule has 19 heavy (non-hydrogen) atoms. The van der Waals surface area contributed by atoms with E-state index in [1.807, 2.05) is 29.2 Å². The molecule has 1 fully saturated rings. The number of amides is 1. The van der Waals surface area contributed by atoms with Crippen LogP contribution in [-0.4, -0.2) is 53.5 Å². The van der Waals surface area contributed by atoms with Gasteiger partial charge in [-0.15, -0.1) is 0 Å². The highest BCUT2D eigenvalue weighted by molar-refractivity contribution is 9.10. The molecule has 0 radical (unpaired) electrons. The Kier molecular flexibility index (Phi) is 4.96. The summed E-state index contributed by atoms with van der Waals surface area (Å²) in [6.07, 6.45) is -0.475. The van der Waals surface area contributed by atoms with Crippen molar-refractivity contribution in [3.63, 3.8) is 0 Å². The van der Waals surface area contributed by atoms with Gasteiger partial charge in [-0.3, -0.25) is 9.69 Å². The zero-order chi connectivity index (χ0) is 13.8. The van der Waals surface area contributed by atoms with Crippen molar-refractivity contribution in [2.24, 2.45) is 0 Å². The zero-order valence-electron chi connectivity index (χ0n) is 11.1. The van der Waals surface area contributed by atoms with Gasteiger partial charge in [0.25, 0.3) is 0 Å². The van der Waals surface area contributed by atoms with Gasteiger partial charge in [0.2, 0.25) is 5.91 Å². The van der Waals surface area contributed by atoms with Gasteiger partial charge >= 0.3 is 0 Å². The molecule has 0 bridgehead atoms. The number of aliphatic hydroxyl groups excluding tert-OH is 1. The molecule has 1 atom stereocenters. The smallest absolute Gasteiger partial charge is 0.219 e. The van der Waals surface area contributed by atoms with E-state index >= 15 is 0 Å². The van der Waals surface area contributed by atoms with Crippen LogP contribution in [-0.2, 0) is 4.79 Å². The predicted octanol–water partition coefficient (Wildman–Crippen LogP) is 1.65. The first-order valence-corrected chi connectivity index (χ1v) is 7.27. The normalized spacial score (nSPS) is 18.4. The molecule has 4 nitrogen and oxygen atoms in total. The van der Waals surface area contributed by atoms with E-state index in [4.69, 9.17) is 0 Å². The summed E-state index contributed by atoms with van der Waals surface area (Å²) in [4.78, 5) is 15.3. The predicted molar refractivity (Wildman–Crippen MR) is 77.8 cm³/mol. The number of nitrogens with zero attached hydrogens (tertiary/aromatic N) is 2. The van der Waals surface area contributed by atoms with Gasteiger partial charge in [-0.2, -0.15) is 0 Å². The highest BCUT2D eigenvalue weighted by atomic mass is 79.9. The second-order valence-corrected chi connectivity index (χ2v) is 5.79. The van der Waals surface area contributed by atoms with Crippen LogP contribution in [0.1, 0.15) is 18.6 Å². The summed E-state index contributed by atoms with van der Waals surface area (Å²) in [7, 11) is 0. The number of hydrogen-bond donors (Lipinski definition) is 1. The number of benzene rings is 1. The first kappa shape index (κ1) is 14.5. The number of piperazine rings is 1. The molecule has 0 aromatic heterocycles. The summed E-state index contributed by atoms with van der Waals surface area (Å²) >= 11 is 3.38. The van der Waals surface area contributed by atoms with E-state index in [2.05, 4.69) is 20.8 Å². The van der Waals surface area contributed by atoms with Crippen LogP contribution in [0.15, 0.2) is 28.7 Å². The SMILES string of the molecule is CC(=O)N1CCN(CC(O)c2ccc(Br)cc2)CC1. The van der Waals surface area contributed by atoms with Crippen LogP contribution in [0.5, 0.6) is 0 Å². The maximum atomic E-state index is 11.2. The third kappa shape index (κ3) is 4.03. The molecule has 104 valence electrons. The molecule has 1 unspecified atom stereocenters. The zero-order valence-corrected chi connectivity index (χ0v) is 12.6. The third-order valence-corrected chi connectivity index (χ3v) is 4.03. The van der Waals surface area contributed by atoms with Gasteiger partial charge in [0.15, 0.2) is 0 Å². The van der Waals surface area contributed by atoms with Crippen LogP contribution in [0, 0.1) is 0 Å². The van der Waals surface area contributed by atoms with Crippen molar-refractivity contribution in [3.05, 3.63) is 34.3 Å². The summed E-state index contributed by atoms with van der Waals surface area (Å²) in [6.45, 7) is 5.38. The van der Waals surface area contributed by atoms with Crippen molar-refractivity contribution < 1.29 is 9.90 Å². The highest BCUT2D eigenvalue weighted by Crippen LogP contribution is 2.18. The van der Waals surface area contributed by atoms with Gasteiger partial charge in [0.05, 0.1) is 6.10 Å². The second kappa shape index (κ2) is 6.50. The third-order valence-electron chi connectivity index (χ3n) is 3.50. The molecule has 1 N–H and O–H groups in total. The van der Waals surface area contributed by atoms with Gasteiger partial charge in [-0.1, -0.05) is 28.1 Å². The lowest BCUT2D eigenvalue weighted by Gasteiger charge is -2.35. The Bertz CT molecular complexity index is 428. The lowest BCUT2D eigenvalue weighted by atomic mass is 10.1. The molecule has 5 heteroatoms. The van der Waals surface area contributed by atoms with Crippen LogP contribution >= 0.6 is 15.9 Å². The number of halogens is 1. The lowest BCUT2D eigenvalue weighted by molar-refractivity contribution is -0.130. The van der Waals surface area contributed by atoms with Gasteiger partial charge in [0, 0.05) is 44.1 Å². The topological polar surface area (TPSA) is 43.8 Å². The molecular weight excluding hydrogens is 308 g/mol.